The van der Waals surface area contributed by atoms with Gasteiger partial charge >= 0.3 is 58.5 Å². The van der Waals surface area contributed by atoms with E-state index in [1.165, 1.54) is 24.3 Å². The summed E-state index contributed by atoms with van der Waals surface area (Å²) in [6.45, 7) is 19.5. The molecule has 2 bridgehead atoms. The molecule has 35 heteroatoms. The minimum atomic E-state index is -0.570. The maximum atomic E-state index is 12.4. The van der Waals surface area contributed by atoms with Crippen molar-refractivity contribution in [3.63, 3.8) is 0 Å². The van der Waals surface area contributed by atoms with E-state index in [4.69, 9.17) is 51.2 Å². The second-order valence-electron chi connectivity index (χ2n) is 28.5. The van der Waals surface area contributed by atoms with Gasteiger partial charge in [-0.05, 0) is 184 Å². The number of rotatable bonds is 21. The summed E-state index contributed by atoms with van der Waals surface area (Å²) in [5.74, 6) is 0.989. The number of oxime groups is 4. The van der Waals surface area contributed by atoms with Crippen molar-refractivity contribution in [2.24, 2.45) is 32.5 Å². The number of carbonyl (C=O) groups excluding carboxylic acids is 2. The van der Waals surface area contributed by atoms with E-state index >= 15 is 0 Å². The standard InChI is InChI=1S/C22H27N3O6.C20H24N4O5.C20H25N3O6.C15H18N4O4/c1-2-14-12-18(27)30-21-19(14)20(28)23-22(24-21)31-25-15-9-7-13(8-10-15)11-17(26)29-16-5-3-4-6-16;1-4-12-8-16(25)28-19-17(12)18(26)21-20(22-19)29-23-13-9-14-6-7-15(10-13)24(14)11(3)27-5-2;1-4-13-10-16(25)28-19-17(13)18(26)21-20(22-19)29-23-14-7-5-12(6-8-14)9-15(24)27-11(2)3;1-3-9-8-11(20)22-14-12(9)13(21)16-15(17-14)23-18-10-4-6-19(2)7-5-10/h12-13,16H,2-11H2,1H3,(H,23,24,28);8,14-15H,3-7,9-10H2,1-2H3,(H,21,22,26);10-12H,4-9H2,1-3H3,(H,21,22,26);8H,3-7H2,1-2H3,(H,16,17,21). The number of fused-ring (bicyclic) bond motifs is 6. The van der Waals surface area contributed by atoms with Crippen LogP contribution in [-0.2, 0) is 49.5 Å². The maximum Gasteiger partial charge on any atom is 0.337 e. The minimum absolute atomic E-state index is 0.0309. The van der Waals surface area contributed by atoms with E-state index in [9.17, 15) is 47.9 Å². The van der Waals surface area contributed by atoms with Gasteiger partial charge in [-0.25, -0.2) is 19.2 Å². The Labute approximate surface area is 639 Å². The third-order valence-electron chi connectivity index (χ3n) is 20.2. The minimum Gasteiger partial charge on any atom is -0.480 e. The molecule has 35 nitrogen and oxygen atoms in total. The number of hydrogen-bond donors (Lipinski definition) is 4. The molecule has 14 rings (SSSR count). The van der Waals surface area contributed by atoms with Gasteiger partial charge in [0.1, 0.15) is 27.6 Å². The molecule has 598 valence electrons. The van der Waals surface area contributed by atoms with E-state index in [-0.39, 0.29) is 117 Å². The number of aromatic nitrogens is 8. The molecule has 0 amide bonds. The molecule has 0 radical (unpaired) electrons. The van der Waals surface area contributed by atoms with Crippen LogP contribution in [0.3, 0.4) is 0 Å². The van der Waals surface area contributed by atoms with Gasteiger partial charge in [0.15, 0.2) is 5.88 Å². The summed E-state index contributed by atoms with van der Waals surface area (Å²) in [4.78, 5) is 172. The van der Waals surface area contributed by atoms with Crippen molar-refractivity contribution in [2.75, 3.05) is 26.7 Å². The van der Waals surface area contributed by atoms with Crippen molar-refractivity contribution < 1.29 is 60.8 Å². The molecule has 2 atom stereocenters. The summed E-state index contributed by atoms with van der Waals surface area (Å²) in [6.07, 6.45) is 18.4. The number of aryl methyl sites for hydroxylation is 4. The van der Waals surface area contributed by atoms with Gasteiger partial charge in [0.2, 0.25) is 22.9 Å². The van der Waals surface area contributed by atoms with E-state index < -0.39 is 44.7 Å². The second-order valence-corrected chi connectivity index (χ2v) is 28.5. The zero-order valence-electron chi connectivity index (χ0n) is 64.1. The topological polar surface area (TPSA) is 459 Å². The van der Waals surface area contributed by atoms with Crippen molar-refractivity contribution in [3.8, 4) is 24.0 Å². The Morgan fingerprint density at radius 1 is 0.482 bits per heavy atom. The van der Waals surface area contributed by atoms with Gasteiger partial charge in [-0.2, -0.15) is 19.9 Å². The van der Waals surface area contributed by atoms with E-state index in [2.05, 4.69) is 76.9 Å². The normalized spacial score (nSPS) is 18.4. The molecule has 0 aromatic carbocycles. The van der Waals surface area contributed by atoms with E-state index in [1.807, 2.05) is 55.5 Å². The quantitative estimate of drug-likeness (QED) is 0.0296. The van der Waals surface area contributed by atoms with E-state index in [0.717, 1.165) is 126 Å². The molecule has 3 saturated carbocycles. The Bertz CT molecular complexity index is 5360. The van der Waals surface area contributed by atoms with Crippen molar-refractivity contribution in [3.05, 3.63) is 142 Å². The Morgan fingerprint density at radius 3 is 1.14 bits per heavy atom. The number of ether oxygens (including phenoxy) is 3. The lowest BCUT2D eigenvalue weighted by atomic mass is 9.86. The molecule has 3 aliphatic heterocycles. The third-order valence-corrected chi connectivity index (χ3v) is 20.2. The maximum absolute atomic E-state index is 12.4. The fraction of sp³-hybridized carbons (Fsp3) is 0.532. The van der Waals surface area contributed by atoms with Gasteiger partial charge in [-0.1, -0.05) is 48.3 Å². The van der Waals surface area contributed by atoms with E-state index in [1.54, 1.807) is 0 Å². The zero-order chi connectivity index (χ0) is 79.7. The van der Waals surface area contributed by atoms with Crippen molar-refractivity contribution in [1.82, 2.24) is 49.7 Å². The van der Waals surface area contributed by atoms with Gasteiger partial charge in [-0.15, -0.1) is 0 Å². The number of esters is 2. The third kappa shape index (κ3) is 21.3. The van der Waals surface area contributed by atoms with Gasteiger partial charge in [0.05, 0.1) is 35.6 Å². The van der Waals surface area contributed by atoms with Crippen LogP contribution in [-0.4, -0.2) is 135 Å². The van der Waals surface area contributed by atoms with Crippen LogP contribution >= 0.6 is 0 Å². The largest absolute Gasteiger partial charge is 0.480 e. The molecule has 8 aromatic rings. The van der Waals surface area contributed by atoms with Crippen LogP contribution in [0.15, 0.2) is 113 Å². The van der Waals surface area contributed by atoms with Gasteiger partial charge in [-0.3, -0.25) is 48.7 Å². The van der Waals surface area contributed by atoms with Crippen LogP contribution in [0, 0.1) is 11.8 Å². The average molecular weight is 1550 g/mol. The van der Waals surface area contributed by atoms with Crippen molar-refractivity contribution in [2.45, 2.75) is 227 Å². The molecule has 6 fully saturated rings. The van der Waals surface area contributed by atoms with Gasteiger partial charge in [0, 0.05) is 88.0 Å². The van der Waals surface area contributed by atoms with E-state index in [0.29, 0.717) is 99.0 Å². The number of likely N-dealkylation sites (tertiary alicyclic amines) is 1. The molecule has 112 heavy (non-hydrogen) atoms. The first-order valence-electron chi connectivity index (χ1n) is 38.3. The Hall–Kier alpha value is -11.5. The summed E-state index contributed by atoms with van der Waals surface area (Å²) in [6, 6.07) is 5.33. The van der Waals surface area contributed by atoms with Crippen LogP contribution < -0.4 is 64.1 Å². The number of nitrogens with one attached hydrogen (secondary N) is 4. The molecule has 4 N–H and O–H groups in total. The molecule has 2 unspecified atom stereocenters. The highest BCUT2D eigenvalue weighted by Crippen LogP contribution is 2.38. The molecule has 3 aliphatic carbocycles. The molecule has 11 heterocycles. The predicted octanol–water partition coefficient (Wildman–Crippen LogP) is 9.15. The lowest BCUT2D eigenvalue weighted by Crippen LogP contribution is -2.42. The van der Waals surface area contributed by atoms with Gasteiger partial charge in [0.25, 0.3) is 22.2 Å². The first-order chi connectivity index (χ1) is 53.9. The predicted molar refractivity (Wildman–Crippen MR) is 411 cm³/mol. The number of hydrogen-bond acceptors (Lipinski definition) is 31. The number of carbonyl (C=O) groups is 2. The lowest BCUT2D eigenvalue weighted by Gasteiger charge is -2.37. The van der Waals surface area contributed by atoms with Crippen molar-refractivity contribution >= 4 is 79.2 Å². The molecule has 0 spiro atoms. The Balaban J connectivity index is 0.000000148. The summed E-state index contributed by atoms with van der Waals surface area (Å²) in [5, 5.41) is 17.4. The molecular weight excluding hydrogens is 1460 g/mol. The van der Waals surface area contributed by atoms with Crippen LogP contribution in [0.25, 0.3) is 44.4 Å². The summed E-state index contributed by atoms with van der Waals surface area (Å²) in [7, 11) is 2.05. The second kappa shape index (κ2) is 37.9. The summed E-state index contributed by atoms with van der Waals surface area (Å²) < 4.78 is 36.5. The van der Waals surface area contributed by atoms with Crippen molar-refractivity contribution in [1.29, 1.82) is 0 Å². The first kappa shape index (κ1) is 81.5. The SMILES string of the molecule is C=C(OCC)N1C2CCC1CC(=NOc1nc3oc(=O)cc(CC)c3c(=O)[nH]1)C2.CCc1cc(=O)oc2nc(ON=C3CCC(CC(=O)OC(C)C)CC3)[nH]c(=O)c12.CCc1cc(=O)oc2nc(ON=C3CCC(CC(=O)OC4CCCC4)CC3)[nH]c(=O)c12.CCc1cc(=O)oc2nc(ON=C3CCN(C)CC3)[nH]c(=O)c12. The average Bonchev–Trinajstić information content (AvgIpc) is 1.31. The first-order valence-corrected chi connectivity index (χ1v) is 38.3. The number of H-pyrrole nitrogens is 4. The fourth-order valence-electron chi connectivity index (χ4n) is 14.6. The Kier molecular flexibility index (Phi) is 27.6. The highest BCUT2D eigenvalue weighted by molar-refractivity contribution is 5.88. The van der Waals surface area contributed by atoms with Crippen LogP contribution in [0.5, 0.6) is 24.0 Å². The summed E-state index contributed by atoms with van der Waals surface area (Å²) >= 11 is 0. The monoisotopic (exact) mass is 1550 g/mol. The highest BCUT2D eigenvalue weighted by atomic mass is 16.7. The highest BCUT2D eigenvalue weighted by Gasteiger charge is 2.41. The van der Waals surface area contributed by atoms with Crippen LogP contribution in [0.1, 0.15) is 199 Å². The fourth-order valence-corrected chi connectivity index (χ4v) is 14.6. The summed E-state index contributed by atoms with van der Waals surface area (Å²) in [5.41, 5.74) is 1.63. The zero-order valence-corrected chi connectivity index (χ0v) is 64.1. The Morgan fingerprint density at radius 2 is 0.812 bits per heavy atom. The molecule has 6 aliphatic rings. The smallest absolute Gasteiger partial charge is 0.337 e. The number of piperidine rings is 2. The molecule has 3 saturated heterocycles. The van der Waals surface area contributed by atoms with Crippen LogP contribution in [0.4, 0.5) is 0 Å². The lowest BCUT2D eigenvalue weighted by molar-refractivity contribution is -0.150. The molecule has 8 aromatic heterocycles. The number of nitrogens with zero attached hydrogens (tertiary/aromatic N) is 10. The molecular formula is C77H94N14O21. The van der Waals surface area contributed by atoms with Crippen LogP contribution in [0.2, 0.25) is 0 Å². The number of aromatic amines is 4. The van der Waals surface area contributed by atoms with Gasteiger partial charge < -0.3 is 61.0 Å².